The summed E-state index contributed by atoms with van der Waals surface area (Å²) in [6.07, 6.45) is 8.24. The molecular formula is C11H16N2O2. The molecule has 4 heteroatoms. The SMILES string of the molecule is CCOC(=O)CCCCc1cnccn1. The summed E-state index contributed by atoms with van der Waals surface area (Å²) in [5, 5.41) is 0. The highest BCUT2D eigenvalue weighted by molar-refractivity contribution is 5.69. The quantitative estimate of drug-likeness (QED) is 0.528. The summed E-state index contributed by atoms with van der Waals surface area (Å²) in [7, 11) is 0. The van der Waals surface area contributed by atoms with Crippen LogP contribution in [0.15, 0.2) is 18.6 Å². The molecular weight excluding hydrogens is 192 g/mol. The number of aryl methyl sites for hydroxylation is 1. The third kappa shape index (κ3) is 5.10. The number of carbonyl (C=O) groups excluding carboxylic acids is 1. The molecule has 0 spiro atoms. The molecule has 0 bridgehead atoms. The van der Waals surface area contributed by atoms with E-state index in [1.807, 2.05) is 6.92 Å². The molecule has 1 rings (SSSR count). The van der Waals surface area contributed by atoms with Crippen LogP contribution in [0.4, 0.5) is 0 Å². The molecule has 15 heavy (non-hydrogen) atoms. The first-order chi connectivity index (χ1) is 7.33. The number of hydrogen-bond acceptors (Lipinski definition) is 4. The van der Waals surface area contributed by atoms with Crippen LogP contribution in [0.2, 0.25) is 0 Å². The largest absolute Gasteiger partial charge is 0.466 e. The fourth-order valence-electron chi connectivity index (χ4n) is 1.27. The van der Waals surface area contributed by atoms with E-state index in [2.05, 4.69) is 9.97 Å². The van der Waals surface area contributed by atoms with Crippen LogP contribution in [-0.4, -0.2) is 22.5 Å². The Balaban J connectivity index is 2.10. The summed E-state index contributed by atoms with van der Waals surface area (Å²) in [6.45, 7) is 2.28. The Hall–Kier alpha value is -1.45. The molecule has 0 saturated carbocycles. The van der Waals surface area contributed by atoms with E-state index in [1.54, 1.807) is 18.6 Å². The Morgan fingerprint density at radius 2 is 2.27 bits per heavy atom. The molecule has 0 aliphatic rings. The lowest BCUT2D eigenvalue weighted by atomic mass is 10.1. The van der Waals surface area contributed by atoms with Gasteiger partial charge < -0.3 is 4.74 Å². The van der Waals surface area contributed by atoms with Gasteiger partial charge in [-0.3, -0.25) is 14.8 Å². The van der Waals surface area contributed by atoms with E-state index in [9.17, 15) is 4.79 Å². The summed E-state index contributed by atoms with van der Waals surface area (Å²) in [6, 6.07) is 0. The smallest absolute Gasteiger partial charge is 0.305 e. The maximum atomic E-state index is 11.0. The van der Waals surface area contributed by atoms with Gasteiger partial charge in [-0.05, 0) is 26.2 Å². The van der Waals surface area contributed by atoms with Crippen molar-refractivity contribution in [3.8, 4) is 0 Å². The van der Waals surface area contributed by atoms with Crippen molar-refractivity contribution >= 4 is 5.97 Å². The van der Waals surface area contributed by atoms with E-state index in [0.717, 1.165) is 25.0 Å². The van der Waals surface area contributed by atoms with Gasteiger partial charge in [0.25, 0.3) is 0 Å². The van der Waals surface area contributed by atoms with Crippen molar-refractivity contribution in [3.63, 3.8) is 0 Å². The molecule has 0 aliphatic carbocycles. The van der Waals surface area contributed by atoms with Crippen molar-refractivity contribution in [2.24, 2.45) is 0 Å². The highest BCUT2D eigenvalue weighted by Crippen LogP contribution is 2.03. The van der Waals surface area contributed by atoms with Crippen LogP contribution in [-0.2, 0) is 16.0 Å². The lowest BCUT2D eigenvalue weighted by Crippen LogP contribution is -2.03. The zero-order valence-corrected chi connectivity index (χ0v) is 8.98. The van der Waals surface area contributed by atoms with Crippen molar-refractivity contribution in [1.29, 1.82) is 0 Å². The number of ether oxygens (including phenoxy) is 1. The Kier molecular flexibility index (Phi) is 5.37. The number of esters is 1. The lowest BCUT2D eigenvalue weighted by Gasteiger charge is -2.01. The van der Waals surface area contributed by atoms with Crippen molar-refractivity contribution in [1.82, 2.24) is 9.97 Å². The van der Waals surface area contributed by atoms with E-state index >= 15 is 0 Å². The Morgan fingerprint density at radius 3 is 2.93 bits per heavy atom. The number of aromatic nitrogens is 2. The van der Waals surface area contributed by atoms with Crippen LogP contribution in [0.1, 0.15) is 31.9 Å². The molecule has 0 amide bonds. The van der Waals surface area contributed by atoms with Gasteiger partial charge >= 0.3 is 5.97 Å². The minimum absolute atomic E-state index is 0.114. The topological polar surface area (TPSA) is 52.1 Å². The van der Waals surface area contributed by atoms with E-state index in [4.69, 9.17) is 4.74 Å². The molecule has 0 N–H and O–H groups in total. The molecule has 0 fully saturated rings. The second kappa shape index (κ2) is 6.92. The fourth-order valence-corrected chi connectivity index (χ4v) is 1.27. The average molecular weight is 208 g/mol. The Bertz CT molecular complexity index is 288. The minimum atomic E-state index is -0.114. The van der Waals surface area contributed by atoms with Gasteiger partial charge in [-0.2, -0.15) is 0 Å². The van der Waals surface area contributed by atoms with Gasteiger partial charge in [0.15, 0.2) is 0 Å². The van der Waals surface area contributed by atoms with Gasteiger partial charge in [0.1, 0.15) is 0 Å². The lowest BCUT2D eigenvalue weighted by molar-refractivity contribution is -0.143. The highest BCUT2D eigenvalue weighted by atomic mass is 16.5. The van der Waals surface area contributed by atoms with Gasteiger partial charge in [-0.15, -0.1) is 0 Å². The Morgan fingerprint density at radius 1 is 1.40 bits per heavy atom. The Labute approximate surface area is 89.7 Å². The normalized spacial score (nSPS) is 9.93. The van der Waals surface area contributed by atoms with Gasteiger partial charge in [0.05, 0.1) is 12.3 Å². The molecule has 0 radical (unpaired) electrons. The highest BCUT2D eigenvalue weighted by Gasteiger charge is 2.01. The molecule has 0 aromatic carbocycles. The summed E-state index contributed by atoms with van der Waals surface area (Å²) >= 11 is 0. The van der Waals surface area contributed by atoms with Gasteiger partial charge in [0, 0.05) is 25.0 Å². The first-order valence-electron chi connectivity index (χ1n) is 5.23. The van der Waals surface area contributed by atoms with Crippen molar-refractivity contribution in [2.75, 3.05) is 6.61 Å². The van der Waals surface area contributed by atoms with E-state index < -0.39 is 0 Å². The number of carbonyl (C=O) groups is 1. The third-order valence-electron chi connectivity index (χ3n) is 1.99. The molecule has 0 unspecified atom stereocenters. The van der Waals surface area contributed by atoms with E-state index in [0.29, 0.717) is 13.0 Å². The maximum Gasteiger partial charge on any atom is 0.305 e. The molecule has 4 nitrogen and oxygen atoms in total. The predicted molar refractivity (Wildman–Crippen MR) is 56.2 cm³/mol. The summed E-state index contributed by atoms with van der Waals surface area (Å²) in [5.41, 5.74) is 0.973. The van der Waals surface area contributed by atoms with Crippen molar-refractivity contribution in [3.05, 3.63) is 24.3 Å². The van der Waals surface area contributed by atoms with Crippen LogP contribution >= 0.6 is 0 Å². The van der Waals surface area contributed by atoms with E-state index in [1.165, 1.54) is 0 Å². The van der Waals surface area contributed by atoms with Gasteiger partial charge in [-0.25, -0.2) is 0 Å². The van der Waals surface area contributed by atoms with Crippen LogP contribution in [0.3, 0.4) is 0 Å². The monoisotopic (exact) mass is 208 g/mol. The summed E-state index contributed by atoms with van der Waals surface area (Å²) in [5.74, 6) is -0.114. The molecule has 0 saturated heterocycles. The molecule has 82 valence electrons. The van der Waals surface area contributed by atoms with Gasteiger partial charge in [-0.1, -0.05) is 0 Å². The number of nitrogens with zero attached hydrogens (tertiary/aromatic N) is 2. The number of hydrogen-bond donors (Lipinski definition) is 0. The first-order valence-corrected chi connectivity index (χ1v) is 5.23. The predicted octanol–water partition coefficient (Wildman–Crippen LogP) is 1.75. The van der Waals surface area contributed by atoms with Crippen LogP contribution in [0, 0.1) is 0 Å². The van der Waals surface area contributed by atoms with Crippen LogP contribution < -0.4 is 0 Å². The van der Waals surface area contributed by atoms with E-state index in [-0.39, 0.29) is 5.97 Å². The van der Waals surface area contributed by atoms with Crippen LogP contribution in [0.5, 0.6) is 0 Å². The zero-order chi connectivity index (χ0) is 10.9. The van der Waals surface area contributed by atoms with Crippen molar-refractivity contribution in [2.45, 2.75) is 32.6 Å². The summed E-state index contributed by atoms with van der Waals surface area (Å²) < 4.78 is 4.83. The first kappa shape index (κ1) is 11.6. The molecule has 1 aromatic rings. The second-order valence-corrected chi connectivity index (χ2v) is 3.21. The summed E-state index contributed by atoms with van der Waals surface area (Å²) in [4.78, 5) is 19.1. The zero-order valence-electron chi connectivity index (χ0n) is 8.98. The molecule has 1 heterocycles. The van der Waals surface area contributed by atoms with Crippen molar-refractivity contribution < 1.29 is 9.53 Å². The number of unbranched alkanes of at least 4 members (excludes halogenated alkanes) is 1. The molecule has 0 atom stereocenters. The third-order valence-corrected chi connectivity index (χ3v) is 1.99. The molecule has 1 aromatic heterocycles. The number of rotatable bonds is 6. The fraction of sp³-hybridized carbons (Fsp3) is 0.545. The minimum Gasteiger partial charge on any atom is -0.466 e. The standard InChI is InChI=1S/C11H16N2O2/c1-2-15-11(14)6-4-3-5-10-9-12-7-8-13-10/h7-9H,2-6H2,1H3. The second-order valence-electron chi connectivity index (χ2n) is 3.21. The maximum absolute atomic E-state index is 11.0. The van der Waals surface area contributed by atoms with Crippen LogP contribution in [0.25, 0.3) is 0 Å². The molecule has 0 aliphatic heterocycles. The average Bonchev–Trinajstić information content (AvgIpc) is 2.26. The van der Waals surface area contributed by atoms with Gasteiger partial charge in [0.2, 0.25) is 0 Å².